The van der Waals surface area contributed by atoms with Crippen molar-refractivity contribution in [2.24, 2.45) is 5.92 Å². The summed E-state index contributed by atoms with van der Waals surface area (Å²) < 4.78 is 18.3. The van der Waals surface area contributed by atoms with Crippen molar-refractivity contribution in [3.8, 4) is 0 Å². The zero-order valence-electron chi connectivity index (χ0n) is 13.6. The molecule has 1 aromatic rings. The molecule has 4 nitrogen and oxygen atoms in total. The Labute approximate surface area is 141 Å². The monoisotopic (exact) mass is 342 g/mol. The Morgan fingerprint density at radius 3 is 2.96 bits per heavy atom. The molecule has 1 aromatic carbocycles. The minimum atomic E-state index is -0.374. The van der Waals surface area contributed by atoms with Crippen LogP contribution < -0.4 is 5.32 Å². The van der Waals surface area contributed by atoms with Gasteiger partial charge in [0.05, 0.1) is 6.61 Å². The Kier molecular flexibility index (Phi) is 6.81. The highest BCUT2D eigenvalue weighted by Gasteiger charge is 2.28. The molecular weight excluding hydrogens is 319 g/mol. The van der Waals surface area contributed by atoms with Crippen molar-refractivity contribution in [1.29, 1.82) is 0 Å². The second kappa shape index (κ2) is 8.62. The third kappa shape index (κ3) is 5.16. The van der Waals surface area contributed by atoms with E-state index < -0.39 is 0 Å². The summed E-state index contributed by atoms with van der Waals surface area (Å²) in [6, 6.07) is 4.63. The highest BCUT2D eigenvalue weighted by atomic mass is 35.5. The van der Waals surface area contributed by atoms with Crippen molar-refractivity contribution in [3.05, 3.63) is 34.6 Å². The number of methoxy groups -OCH3 is 1. The first-order chi connectivity index (χ1) is 11.0. The van der Waals surface area contributed by atoms with Crippen molar-refractivity contribution in [1.82, 2.24) is 10.2 Å². The SMILES string of the molecule is COCCN(Cc1ccc(F)cc1Cl)C(=O)[C@H]1CCN[C@@H](C)C1. The van der Waals surface area contributed by atoms with Gasteiger partial charge in [0.25, 0.3) is 0 Å². The molecule has 1 saturated heterocycles. The Morgan fingerprint density at radius 2 is 2.30 bits per heavy atom. The smallest absolute Gasteiger partial charge is 0.226 e. The van der Waals surface area contributed by atoms with E-state index in [0.29, 0.717) is 30.8 Å². The van der Waals surface area contributed by atoms with E-state index >= 15 is 0 Å². The third-order valence-corrected chi connectivity index (χ3v) is 4.58. The van der Waals surface area contributed by atoms with Crippen molar-refractivity contribution >= 4 is 17.5 Å². The number of carbonyl (C=O) groups excluding carboxylic acids is 1. The van der Waals surface area contributed by atoms with Crippen LogP contribution in [0.25, 0.3) is 0 Å². The quantitative estimate of drug-likeness (QED) is 0.864. The Morgan fingerprint density at radius 1 is 1.52 bits per heavy atom. The Balaban J connectivity index is 2.10. The number of hydrogen-bond donors (Lipinski definition) is 1. The zero-order chi connectivity index (χ0) is 16.8. The maximum absolute atomic E-state index is 13.2. The summed E-state index contributed by atoms with van der Waals surface area (Å²) in [4.78, 5) is 14.6. The fourth-order valence-corrected chi connectivity index (χ4v) is 3.17. The van der Waals surface area contributed by atoms with Crippen molar-refractivity contribution in [3.63, 3.8) is 0 Å². The molecule has 0 radical (unpaired) electrons. The summed E-state index contributed by atoms with van der Waals surface area (Å²) in [5, 5.41) is 3.70. The van der Waals surface area contributed by atoms with E-state index in [1.807, 2.05) is 0 Å². The first-order valence-corrected chi connectivity index (χ1v) is 8.34. The van der Waals surface area contributed by atoms with E-state index in [-0.39, 0.29) is 17.6 Å². The summed E-state index contributed by atoms with van der Waals surface area (Å²) in [5.74, 6) is -0.237. The molecule has 1 N–H and O–H groups in total. The molecule has 1 fully saturated rings. The van der Waals surface area contributed by atoms with Crippen LogP contribution in [0.1, 0.15) is 25.3 Å². The highest BCUT2D eigenvalue weighted by Crippen LogP contribution is 2.23. The molecule has 2 atom stereocenters. The van der Waals surface area contributed by atoms with Gasteiger partial charge in [0, 0.05) is 37.2 Å². The van der Waals surface area contributed by atoms with Gasteiger partial charge in [0.2, 0.25) is 5.91 Å². The Hall–Kier alpha value is -1.17. The average Bonchev–Trinajstić information content (AvgIpc) is 2.52. The van der Waals surface area contributed by atoms with Gasteiger partial charge in [-0.25, -0.2) is 4.39 Å². The van der Waals surface area contributed by atoms with Gasteiger partial charge in [-0.3, -0.25) is 4.79 Å². The first-order valence-electron chi connectivity index (χ1n) is 7.96. The third-order valence-electron chi connectivity index (χ3n) is 4.23. The molecule has 1 aliphatic heterocycles. The maximum Gasteiger partial charge on any atom is 0.226 e. The molecule has 1 heterocycles. The highest BCUT2D eigenvalue weighted by molar-refractivity contribution is 6.31. The van der Waals surface area contributed by atoms with E-state index in [0.717, 1.165) is 24.9 Å². The number of rotatable bonds is 6. The van der Waals surface area contributed by atoms with Crippen molar-refractivity contribution < 1.29 is 13.9 Å². The second-order valence-electron chi connectivity index (χ2n) is 6.06. The predicted octanol–water partition coefficient (Wildman–Crippen LogP) is 2.84. The molecule has 0 bridgehead atoms. The summed E-state index contributed by atoms with van der Waals surface area (Å²) >= 11 is 6.10. The molecule has 0 aliphatic carbocycles. The van der Waals surface area contributed by atoms with Crippen LogP contribution in [0, 0.1) is 11.7 Å². The molecule has 1 aliphatic rings. The lowest BCUT2D eigenvalue weighted by Crippen LogP contribution is -2.44. The molecule has 0 saturated carbocycles. The summed E-state index contributed by atoms with van der Waals surface area (Å²) in [5.41, 5.74) is 0.750. The molecule has 1 amide bonds. The number of benzene rings is 1. The van der Waals surface area contributed by atoms with Crippen LogP contribution in [0.2, 0.25) is 5.02 Å². The van der Waals surface area contributed by atoms with Crippen LogP contribution in [-0.2, 0) is 16.1 Å². The number of halogens is 2. The number of hydrogen-bond acceptors (Lipinski definition) is 3. The van der Waals surface area contributed by atoms with Crippen molar-refractivity contribution in [2.75, 3.05) is 26.8 Å². The standard InChI is InChI=1S/C17H24ClFN2O2/c1-12-9-13(5-6-20-12)17(22)21(7-8-23-2)11-14-3-4-15(19)10-16(14)18/h3-4,10,12-13,20H,5-9,11H2,1-2H3/t12-,13-/m0/s1. The number of amides is 1. The number of nitrogens with one attached hydrogen (secondary N) is 1. The molecular formula is C17H24ClFN2O2. The molecule has 2 rings (SSSR count). The van der Waals surface area contributed by atoms with Gasteiger partial charge >= 0.3 is 0 Å². The molecule has 0 aromatic heterocycles. The van der Waals surface area contributed by atoms with E-state index in [4.69, 9.17) is 16.3 Å². The summed E-state index contributed by atoms with van der Waals surface area (Å²) in [7, 11) is 1.61. The topological polar surface area (TPSA) is 41.6 Å². The predicted molar refractivity (Wildman–Crippen MR) is 88.9 cm³/mol. The van der Waals surface area contributed by atoms with Crippen molar-refractivity contribution in [2.45, 2.75) is 32.4 Å². The van der Waals surface area contributed by atoms with E-state index in [1.165, 1.54) is 12.1 Å². The van der Waals surface area contributed by atoms with Crippen LogP contribution in [0.3, 0.4) is 0 Å². The van der Waals surface area contributed by atoms with Crippen LogP contribution >= 0.6 is 11.6 Å². The fourth-order valence-electron chi connectivity index (χ4n) is 2.94. The van der Waals surface area contributed by atoms with Gasteiger partial charge in [-0.2, -0.15) is 0 Å². The minimum Gasteiger partial charge on any atom is -0.383 e. The number of ether oxygens (including phenoxy) is 1. The molecule has 0 spiro atoms. The van der Waals surface area contributed by atoms with Gasteiger partial charge < -0.3 is 15.0 Å². The van der Waals surface area contributed by atoms with Crippen LogP contribution in [-0.4, -0.2) is 43.7 Å². The number of piperidine rings is 1. The minimum absolute atomic E-state index is 0.0160. The summed E-state index contributed by atoms with van der Waals surface area (Å²) in [6.45, 7) is 4.29. The fraction of sp³-hybridized carbons (Fsp3) is 0.588. The molecule has 128 valence electrons. The average molecular weight is 343 g/mol. The van der Waals surface area contributed by atoms with E-state index in [1.54, 1.807) is 18.1 Å². The van der Waals surface area contributed by atoms with Gasteiger partial charge in [0.15, 0.2) is 0 Å². The number of carbonyl (C=O) groups is 1. The maximum atomic E-state index is 13.2. The van der Waals surface area contributed by atoms with Crippen LogP contribution in [0.15, 0.2) is 18.2 Å². The molecule has 23 heavy (non-hydrogen) atoms. The molecule has 0 unspecified atom stereocenters. The van der Waals surface area contributed by atoms with Gasteiger partial charge in [0.1, 0.15) is 5.82 Å². The number of nitrogens with zero attached hydrogens (tertiary/aromatic N) is 1. The summed E-state index contributed by atoms with van der Waals surface area (Å²) in [6.07, 6.45) is 1.67. The van der Waals surface area contributed by atoms with Crippen LogP contribution in [0.4, 0.5) is 4.39 Å². The second-order valence-corrected chi connectivity index (χ2v) is 6.47. The lowest BCUT2D eigenvalue weighted by atomic mass is 9.92. The van der Waals surface area contributed by atoms with E-state index in [2.05, 4.69) is 12.2 Å². The van der Waals surface area contributed by atoms with E-state index in [9.17, 15) is 9.18 Å². The first kappa shape index (κ1) is 18.2. The van der Waals surface area contributed by atoms with Gasteiger partial charge in [-0.1, -0.05) is 17.7 Å². The largest absolute Gasteiger partial charge is 0.383 e. The van der Waals surface area contributed by atoms with Crippen LogP contribution in [0.5, 0.6) is 0 Å². The van der Waals surface area contributed by atoms with Gasteiger partial charge in [-0.05, 0) is 44.0 Å². The lowest BCUT2D eigenvalue weighted by molar-refractivity contribution is -0.138. The Bertz CT molecular complexity index is 541. The molecule has 6 heteroatoms. The zero-order valence-corrected chi connectivity index (χ0v) is 14.4. The normalized spacial score (nSPS) is 21.2. The van der Waals surface area contributed by atoms with Gasteiger partial charge in [-0.15, -0.1) is 0 Å². The lowest BCUT2D eigenvalue weighted by Gasteiger charge is -2.32.